The molecule has 5 heteroatoms. The number of nitrogens with zero attached hydrogens (tertiary/aromatic N) is 2. The highest BCUT2D eigenvalue weighted by Gasteiger charge is 2.31. The summed E-state index contributed by atoms with van der Waals surface area (Å²) < 4.78 is 6.64. The highest BCUT2D eigenvalue weighted by atomic mass is 79.9. The number of rotatable bonds is 2. The lowest BCUT2D eigenvalue weighted by Crippen LogP contribution is -2.54. The summed E-state index contributed by atoms with van der Waals surface area (Å²) in [4.78, 5) is 16.6. The van der Waals surface area contributed by atoms with Crippen LogP contribution in [0.4, 0.5) is 4.79 Å². The predicted molar refractivity (Wildman–Crippen MR) is 101 cm³/mol. The minimum atomic E-state index is -0.445. The maximum atomic E-state index is 12.3. The Labute approximate surface area is 154 Å². The number of carbonyl (C=O) groups excluding carboxylic acids is 1. The van der Waals surface area contributed by atoms with Gasteiger partial charge in [0.15, 0.2) is 0 Å². The minimum Gasteiger partial charge on any atom is -0.444 e. The van der Waals surface area contributed by atoms with Gasteiger partial charge in [0.05, 0.1) is 0 Å². The first kappa shape index (κ1) is 19.3. The monoisotopic (exact) mass is 396 g/mol. The molecule has 4 nitrogen and oxygen atoms in total. The SMILES string of the molecule is Cc1cc(Br)cc(C)c1CN1CCN(C(=O)OC(C)(C)C)[C@@H](C)C1. The van der Waals surface area contributed by atoms with Crippen LogP contribution in [0.5, 0.6) is 0 Å². The van der Waals surface area contributed by atoms with Crippen LogP contribution in [0.1, 0.15) is 44.4 Å². The zero-order valence-corrected chi connectivity index (χ0v) is 17.2. The number of ether oxygens (including phenoxy) is 1. The largest absolute Gasteiger partial charge is 0.444 e. The third-order valence-corrected chi connectivity index (χ3v) is 4.84. The lowest BCUT2D eigenvalue weighted by atomic mass is 10.0. The molecular formula is C19H29BrN2O2. The van der Waals surface area contributed by atoms with Crippen molar-refractivity contribution in [2.24, 2.45) is 0 Å². The lowest BCUT2D eigenvalue weighted by Gasteiger charge is -2.40. The second kappa shape index (κ2) is 7.44. The van der Waals surface area contributed by atoms with Crippen LogP contribution in [0.25, 0.3) is 0 Å². The van der Waals surface area contributed by atoms with E-state index in [0.29, 0.717) is 6.54 Å². The van der Waals surface area contributed by atoms with Gasteiger partial charge in [-0.05, 0) is 70.4 Å². The fourth-order valence-corrected chi connectivity index (χ4v) is 3.87. The van der Waals surface area contributed by atoms with Gasteiger partial charge in [0.25, 0.3) is 0 Å². The predicted octanol–water partition coefficient (Wildman–Crippen LogP) is 4.51. The van der Waals surface area contributed by atoms with E-state index < -0.39 is 5.60 Å². The quantitative estimate of drug-likeness (QED) is 0.736. The van der Waals surface area contributed by atoms with Crippen molar-refractivity contribution < 1.29 is 9.53 Å². The Morgan fingerprint density at radius 2 is 1.83 bits per heavy atom. The van der Waals surface area contributed by atoms with Crippen molar-refractivity contribution in [3.63, 3.8) is 0 Å². The van der Waals surface area contributed by atoms with Crippen molar-refractivity contribution in [1.29, 1.82) is 0 Å². The van der Waals surface area contributed by atoms with Gasteiger partial charge in [-0.25, -0.2) is 4.79 Å². The van der Waals surface area contributed by atoms with Crippen molar-refractivity contribution >= 4 is 22.0 Å². The van der Waals surface area contributed by atoms with E-state index >= 15 is 0 Å². The second-order valence-corrected chi connectivity index (χ2v) is 8.69. The van der Waals surface area contributed by atoms with Gasteiger partial charge < -0.3 is 9.64 Å². The molecule has 1 aliphatic heterocycles. The molecule has 0 saturated carbocycles. The molecule has 134 valence electrons. The summed E-state index contributed by atoms with van der Waals surface area (Å²) in [6.07, 6.45) is -0.203. The summed E-state index contributed by atoms with van der Waals surface area (Å²) in [5, 5.41) is 0. The van der Waals surface area contributed by atoms with E-state index in [-0.39, 0.29) is 12.1 Å². The summed E-state index contributed by atoms with van der Waals surface area (Å²) in [6, 6.07) is 4.50. The molecule has 0 spiro atoms. The van der Waals surface area contributed by atoms with E-state index in [1.165, 1.54) is 16.7 Å². The van der Waals surface area contributed by atoms with Crippen molar-refractivity contribution in [1.82, 2.24) is 9.80 Å². The van der Waals surface area contributed by atoms with Gasteiger partial charge in [-0.1, -0.05) is 15.9 Å². The first-order valence-electron chi connectivity index (χ1n) is 8.54. The van der Waals surface area contributed by atoms with Gasteiger partial charge in [0, 0.05) is 36.7 Å². The molecule has 0 radical (unpaired) electrons. The van der Waals surface area contributed by atoms with Crippen LogP contribution in [0.15, 0.2) is 16.6 Å². The number of hydrogen-bond acceptors (Lipinski definition) is 3. The Kier molecular flexibility index (Phi) is 5.97. The number of piperazine rings is 1. The molecule has 24 heavy (non-hydrogen) atoms. The molecule has 1 aromatic carbocycles. The minimum absolute atomic E-state index is 0.157. The molecule has 0 bridgehead atoms. The second-order valence-electron chi connectivity index (χ2n) is 7.78. The van der Waals surface area contributed by atoms with Crippen LogP contribution in [-0.4, -0.2) is 47.2 Å². The highest BCUT2D eigenvalue weighted by Crippen LogP contribution is 2.23. The van der Waals surface area contributed by atoms with E-state index in [2.05, 4.69) is 53.7 Å². The fraction of sp³-hybridized carbons (Fsp3) is 0.632. The highest BCUT2D eigenvalue weighted by molar-refractivity contribution is 9.10. The Balaban J connectivity index is 2.00. The third-order valence-electron chi connectivity index (χ3n) is 4.38. The Morgan fingerprint density at radius 1 is 1.25 bits per heavy atom. The van der Waals surface area contributed by atoms with Crippen molar-refractivity contribution in [2.45, 2.75) is 59.7 Å². The molecule has 1 fully saturated rings. The fourth-order valence-electron chi connectivity index (χ4n) is 3.18. The van der Waals surface area contributed by atoms with Gasteiger partial charge in [0.1, 0.15) is 5.60 Å². The van der Waals surface area contributed by atoms with Crippen LogP contribution < -0.4 is 0 Å². The Bertz CT molecular complexity index is 587. The van der Waals surface area contributed by atoms with Crippen molar-refractivity contribution in [2.75, 3.05) is 19.6 Å². The Hall–Kier alpha value is -1.07. The van der Waals surface area contributed by atoms with E-state index in [1.807, 2.05) is 25.7 Å². The summed E-state index contributed by atoms with van der Waals surface area (Å²) in [6.45, 7) is 15.5. The zero-order chi connectivity index (χ0) is 18.1. The summed E-state index contributed by atoms with van der Waals surface area (Å²) in [5.41, 5.74) is 3.56. The number of benzene rings is 1. The van der Waals surface area contributed by atoms with Crippen LogP contribution in [0.3, 0.4) is 0 Å². The van der Waals surface area contributed by atoms with E-state index in [1.54, 1.807) is 0 Å². The van der Waals surface area contributed by atoms with Crippen molar-refractivity contribution in [3.8, 4) is 0 Å². The molecule has 1 saturated heterocycles. The van der Waals surface area contributed by atoms with Gasteiger partial charge >= 0.3 is 6.09 Å². The van der Waals surface area contributed by atoms with E-state index in [9.17, 15) is 4.79 Å². The molecule has 0 unspecified atom stereocenters. The first-order valence-corrected chi connectivity index (χ1v) is 9.33. The maximum absolute atomic E-state index is 12.3. The van der Waals surface area contributed by atoms with Crippen LogP contribution >= 0.6 is 15.9 Å². The number of carbonyl (C=O) groups is 1. The Morgan fingerprint density at radius 3 is 2.33 bits per heavy atom. The van der Waals surface area contributed by atoms with Crippen molar-refractivity contribution in [3.05, 3.63) is 33.3 Å². The number of halogens is 1. The molecule has 0 aliphatic carbocycles. The van der Waals surface area contributed by atoms with Gasteiger partial charge in [-0.3, -0.25) is 4.90 Å². The summed E-state index contributed by atoms with van der Waals surface area (Å²) in [7, 11) is 0. The number of aryl methyl sites for hydroxylation is 2. The van der Waals surface area contributed by atoms with Gasteiger partial charge in [0.2, 0.25) is 0 Å². The summed E-state index contributed by atoms with van der Waals surface area (Å²) in [5.74, 6) is 0. The molecule has 2 rings (SSSR count). The van der Waals surface area contributed by atoms with Crippen LogP contribution in [-0.2, 0) is 11.3 Å². The van der Waals surface area contributed by atoms with E-state index in [0.717, 1.165) is 24.1 Å². The molecule has 0 N–H and O–H groups in total. The molecule has 1 aromatic rings. The molecule has 1 heterocycles. The van der Waals surface area contributed by atoms with Gasteiger partial charge in [-0.2, -0.15) is 0 Å². The average Bonchev–Trinajstić information content (AvgIpc) is 2.40. The zero-order valence-electron chi connectivity index (χ0n) is 15.6. The molecule has 0 aromatic heterocycles. The normalized spacial score (nSPS) is 19.5. The lowest BCUT2D eigenvalue weighted by molar-refractivity contribution is 0.000512. The topological polar surface area (TPSA) is 32.8 Å². The molecule has 1 atom stereocenters. The van der Waals surface area contributed by atoms with Crippen LogP contribution in [0.2, 0.25) is 0 Å². The maximum Gasteiger partial charge on any atom is 0.410 e. The molecule has 1 amide bonds. The van der Waals surface area contributed by atoms with Crippen LogP contribution in [0, 0.1) is 13.8 Å². The standard InChI is InChI=1S/C19H29BrN2O2/c1-13-9-16(20)10-14(2)17(13)12-21-7-8-22(15(3)11-21)18(23)24-19(4,5)6/h9-10,15H,7-8,11-12H2,1-6H3/t15-/m0/s1. The number of hydrogen-bond donors (Lipinski definition) is 0. The molecular weight excluding hydrogens is 368 g/mol. The smallest absolute Gasteiger partial charge is 0.410 e. The van der Waals surface area contributed by atoms with Gasteiger partial charge in [-0.15, -0.1) is 0 Å². The third kappa shape index (κ3) is 4.96. The first-order chi connectivity index (χ1) is 11.1. The van der Waals surface area contributed by atoms with E-state index in [4.69, 9.17) is 4.74 Å². The molecule has 1 aliphatic rings. The number of amides is 1. The summed E-state index contributed by atoms with van der Waals surface area (Å²) >= 11 is 3.56. The average molecular weight is 397 g/mol.